The Morgan fingerprint density at radius 1 is 1.14 bits per heavy atom. The van der Waals surface area contributed by atoms with Crippen LogP contribution in [0, 0.1) is 5.82 Å². The zero-order valence-corrected chi connectivity index (χ0v) is 19.6. The van der Waals surface area contributed by atoms with Gasteiger partial charge in [-0.05, 0) is 37.6 Å². The first kappa shape index (κ1) is 26.5. The van der Waals surface area contributed by atoms with Gasteiger partial charge in [0.15, 0.2) is 11.4 Å². The number of hydrogen-bond acceptors (Lipinski definition) is 7. The number of likely N-dealkylation sites (tertiary alicyclic amines) is 1. The lowest BCUT2D eigenvalue weighted by Gasteiger charge is -2.26. The first-order valence-corrected chi connectivity index (χ1v) is 11.6. The number of benzene rings is 1. The summed E-state index contributed by atoms with van der Waals surface area (Å²) < 4.78 is 94.4. The van der Waals surface area contributed by atoms with Crippen LogP contribution in [0.3, 0.4) is 0 Å². The zero-order valence-electron chi connectivity index (χ0n) is 18.0. The molecule has 1 unspecified atom stereocenters. The van der Waals surface area contributed by atoms with E-state index in [4.69, 9.17) is 11.6 Å². The highest BCUT2D eigenvalue weighted by Crippen LogP contribution is 2.40. The Balaban J connectivity index is 1.71. The average molecular weight is 556 g/mol. The minimum atomic E-state index is -4.85. The Labute approximate surface area is 208 Å². The molecule has 0 saturated carbocycles. The summed E-state index contributed by atoms with van der Waals surface area (Å²) in [5.74, 6) is -1.18. The molecule has 0 radical (unpaired) electrons. The van der Waals surface area contributed by atoms with Crippen molar-refractivity contribution in [3.8, 4) is 11.3 Å². The Morgan fingerprint density at radius 2 is 1.89 bits per heavy atom. The van der Waals surface area contributed by atoms with Crippen LogP contribution in [0.5, 0.6) is 0 Å². The Hall–Kier alpha value is -2.55. The quantitative estimate of drug-likeness (QED) is 0.285. The van der Waals surface area contributed by atoms with Crippen molar-refractivity contribution in [1.29, 1.82) is 0 Å². The van der Waals surface area contributed by atoms with E-state index in [0.29, 0.717) is 12.1 Å². The Kier molecular flexibility index (Phi) is 7.42. The van der Waals surface area contributed by atoms with E-state index in [-0.39, 0.29) is 58.0 Å². The van der Waals surface area contributed by atoms with Gasteiger partial charge in [-0.15, -0.1) is 11.3 Å². The molecule has 36 heavy (non-hydrogen) atoms. The number of rotatable bonds is 6. The number of anilines is 1. The van der Waals surface area contributed by atoms with Crippen molar-refractivity contribution >= 4 is 28.1 Å². The third kappa shape index (κ3) is 6.05. The molecule has 1 aliphatic heterocycles. The number of halogens is 8. The minimum absolute atomic E-state index is 0.0233. The average Bonchev–Trinajstić information content (AvgIpc) is 3.40. The van der Waals surface area contributed by atoms with Crippen LogP contribution in [-0.2, 0) is 12.7 Å². The highest BCUT2D eigenvalue weighted by molar-refractivity contribution is 7.16. The Bertz CT molecular complexity index is 1220. The Morgan fingerprint density at radius 3 is 2.53 bits per heavy atom. The largest absolute Gasteiger partial charge is 0.416 e. The van der Waals surface area contributed by atoms with Gasteiger partial charge in [0.1, 0.15) is 22.7 Å². The van der Waals surface area contributed by atoms with E-state index >= 15 is 0 Å². The number of alkyl halides is 6. The molecule has 15 heteroatoms. The smallest absolute Gasteiger partial charge is 0.368 e. The fourth-order valence-corrected chi connectivity index (χ4v) is 4.99. The molecule has 194 valence electrons. The fourth-order valence-electron chi connectivity index (χ4n) is 3.86. The summed E-state index contributed by atoms with van der Waals surface area (Å²) in [6.45, 7) is -0.169. The van der Waals surface area contributed by atoms with E-state index in [0.717, 1.165) is 22.3 Å². The molecule has 0 bridgehead atoms. The molecule has 1 aromatic carbocycles. The summed E-state index contributed by atoms with van der Waals surface area (Å²) in [7, 11) is 0. The molecule has 3 heterocycles. The van der Waals surface area contributed by atoms with Crippen molar-refractivity contribution in [2.24, 2.45) is 0 Å². The summed E-state index contributed by atoms with van der Waals surface area (Å²) in [5.41, 5.74) is -1.61. The van der Waals surface area contributed by atoms with Crippen LogP contribution < -0.4 is 5.32 Å². The molecular formula is C21H17ClF7N5OS. The molecule has 1 saturated heterocycles. The number of thiazole rings is 1. The van der Waals surface area contributed by atoms with Gasteiger partial charge >= 0.3 is 12.4 Å². The summed E-state index contributed by atoms with van der Waals surface area (Å²) in [4.78, 5) is 13.2. The molecule has 0 spiro atoms. The molecule has 1 aliphatic rings. The van der Waals surface area contributed by atoms with Crippen molar-refractivity contribution < 1.29 is 35.8 Å². The molecule has 2 aromatic heterocycles. The van der Waals surface area contributed by atoms with Gasteiger partial charge < -0.3 is 10.4 Å². The molecular weight excluding hydrogens is 539 g/mol. The van der Waals surface area contributed by atoms with Crippen molar-refractivity contribution in [1.82, 2.24) is 19.9 Å². The first-order valence-electron chi connectivity index (χ1n) is 10.4. The van der Waals surface area contributed by atoms with Crippen LogP contribution in [-0.4, -0.2) is 43.7 Å². The maximum absolute atomic E-state index is 14.1. The molecule has 0 aliphatic carbocycles. The molecule has 2 N–H and O–H groups in total. The SMILES string of the molecule is OC(Nc1nc(-c2cc(F)cc(C(F)(F)F)c2)c(CN2CCC[C@H]2C(F)(F)F)s1)c1cnc(Cl)cn1. The van der Waals surface area contributed by atoms with Gasteiger partial charge in [-0.2, -0.15) is 26.3 Å². The van der Waals surface area contributed by atoms with E-state index in [1.807, 2.05) is 0 Å². The summed E-state index contributed by atoms with van der Waals surface area (Å²) >= 11 is 6.50. The molecule has 2 atom stereocenters. The number of nitrogens with zero attached hydrogens (tertiary/aromatic N) is 4. The van der Waals surface area contributed by atoms with Gasteiger partial charge in [-0.3, -0.25) is 9.88 Å². The molecule has 4 rings (SSSR count). The van der Waals surface area contributed by atoms with Crippen molar-refractivity contribution in [3.63, 3.8) is 0 Å². The van der Waals surface area contributed by atoms with Crippen LogP contribution in [0.4, 0.5) is 35.9 Å². The monoisotopic (exact) mass is 555 g/mol. The van der Waals surface area contributed by atoms with E-state index in [2.05, 4.69) is 20.3 Å². The number of aliphatic hydroxyl groups excluding tert-OH is 1. The standard InChI is InChI=1S/C21H17ClF7N5OS/c22-16-8-30-13(7-31-16)18(35)33-19-32-17(10-4-11(20(24,25)26)6-12(23)5-10)14(36-19)9-34-3-1-2-15(34)21(27,28)29/h4-8,15,18,35H,1-3,9H2,(H,32,33)/t15-,18?/m0/s1. The van der Waals surface area contributed by atoms with Gasteiger partial charge in [0, 0.05) is 17.0 Å². The van der Waals surface area contributed by atoms with Gasteiger partial charge in [-0.25, -0.2) is 14.4 Å². The maximum atomic E-state index is 14.1. The van der Waals surface area contributed by atoms with Crippen LogP contribution in [0.15, 0.2) is 30.6 Å². The number of aromatic nitrogens is 3. The van der Waals surface area contributed by atoms with Gasteiger partial charge in [0.05, 0.1) is 23.7 Å². The van der Waals surface area contributed by atoms with Crippen molar-refractivity contribution in [2.75, 3.05) is 11.9 Å². The van der Waals surface area contributed by atoms with Gasteiger partial charge in [0.2, 0.25) is 0 Å². The lowest BCUT2D eigenvalue weighted by molar-refractivity contribution is -0.177. The van der Waals surface area contributed by atoms with E-state index < -0.39 is 36.0 Å². The molecule has 0 amide bonds. The maximum Gasteiger partial charge on any atom is 0.416 e. The minimum Gasteiger partial charge on any atom is -0.368 e. The normalized spacial score (nSPS) is 18.0. The zero-order chi connectivity index (χ0) is 26.3. The fraction of sp³-hybridized carbons (Fsp3) is 0.381. The van der Waals surface area contributed by atoms with Crippen LogP contribution >= 0.6 is 22.9 Å². The topological polar surface area (TPSA) is 74.2 Å². The van der Waals surface area contributed by atoms with Crippen molar-refractivity contribution in [2.45, 2.75) is 44.0 Å². The molecule has 1 fully saturated rings. The van der Waals surface area contributed by atoms with Crippen LogP contribution in [0.2, 0.25) is 5.15 Å². The first-order chi connectivity index (χ1) is 16.8. The second kappa shape index (κ2) is 10.1. The predicted molar refractivity (Wildman–Crippen MR) is 118 cm³/mol. The molecule has 6 nitrogen and oxygen atoms in total. The van der Waals surface area contributed by atoms with E-state index in [1.165, 1.54) is 12.4 Å². The van der Waals surface area contributed by atoms with Crippen LogP contribution in [0.25, 0.3) is 11.3 Å². The third-order valence-corrected chi connectivity index (χ3v) is 6.63. The highest BCUT2D eigenvalue weighted by atomic mass is 35.5. The van der Waals surface area contributed by atoms with E-state index in [9.17, 15) is 35.8 Å². The van der Waals surface area contributed by atoms with Gasteiger partial charge in [-0.1, -0.05) is 11.6 Å². The van der Waals surface area contributed by atoms with Crippen molar-refractivity contribution in [3.05, 3.63) is 57.7 Å². The van der Waals surface area contributed by atoms with E-state index in [1.54, 1.807) is 0 Å². The molecule has 3 aromatic rings. The number of aliphatic hydroxyl groups is 1. The highest BCUT2D eigenvalue weighted by Gasteiger charge is 2.46. The second-order valence-electron chi connectivity index (χ2n) is 8.00. The second-order valence-corrected chi connectivity index (χ2v) is 9.47. The van der Waals surface area contributed by atoms with Gasteiger partial charge in [0.25, 0.3) is 0 Å². The number of hydrogen-bond donors (Lipinski definition) is 2. The predicted octanol–water partition coefficient (Wildman–Crippen LogP) is 6.04. The summed E-state index contributed by atoms with van der Waals surface area (Å²) in [6, 6.07) is 0.0939. The third-order valence-electron chi connectivity index (χ3n) is 5.46. The lowest BCUT2D eigenvalue weighted by atomic mass is 10.1. The van der Waals surface area contributed by atoms with Crippen LogP contribution in [0.1, 0.15) is 35.2 Å². The number of nitrogens with one attached hydrogen (secondary N) is 1. The lowest BCUT2D eigenvalue weighted by Crippen LogP contribution is -2.40. The summed E-state index contributed by atoms with van der Waals surface area (Å²) in [5, 5.41) is 13.0. The summed E-state index contributed by atoms with van der Waals surface area (Å²) in [6.07, 6.45) is -8.28.